The number of ether oxygens (including phenoxy) is 1. The van der Waals surface area contributed by atoms with E-state index in [0.717, 1.165) is 18.4 Å². The van der Waals surface area contributed by atoms with Crippen LogP contribution in [0.2, 0.25) is 0 Å². The van der Waals surface area contributed by atoms with Crippen molar-refractivity contribution in [2.45, 2.75) is 59.2 Å². The van der Waals surface area contributed by atoms with Gasteiger partial charge in [0.25, 0.3) is 0 Å². The minimum atomic E-state index is -2.79. The van der Waals surface area contributed by atoms with Gasteiger partial charge in [0.15, 0.2) is 0 Å². The molecule has 0 aliphatic carbocycles. The van der Waals surface area contributed by atoms with Gasteiger partial charge in [0.1, 0.15) is 5.75 Å². The Balaban J connectivity index is 2.78. The van der Waals surface area contributed by atoms with Crippen LogP contribution < -0.4 is 10.1 Å². The van der Waals surface area contributed by atoms with Crippen molar-refractivity contribution in [1.82, 2.24) is 5.32 Å². The topological polar surface area (TPSA) is 21.3 Å². The van der Waals surface area contributed by atoms with Gasteiger partial charge in [-0.15, -0.1) is 0 Å². The summed E-state index contributed by atoms with van der Waals surface area (Å²) in [6.07, 6.45) is 2.21. The van der Waals surface area contributed by atoms with E-state index >= 15 is 0 Å². The van der Waals surface area contributed by atoms with E-state index in [-0.39, 0.29) is 11.8 Å². The SMILES string of the molecule is CCC(CC)C(C)NC(C)c1ccccc1OC(F)F. The summed E-state index contributed by atoms with van der Waals surface area (Å²) >= 11 is 0. The first kappa shape index (κ1) is 16.9. The van der Waals surface area contributed by atoms with Crippen molar-refractivity contribution in [3.8, 4) is 5.75 Å². The Morgan fingerprint density at radius 3 is 2.25 bits per heavy atom. The summed E-state index contributed by atoms with van der Waals surface area (Å²) in [5.41, 5.74) is 0.769. The van der Waals surface area contributed by atoms with E-state index in [4.69, 9.17) is 0 Å². The van der Waals surface area contributed by atoms with E-state index < -0.39 is 6.61 Å². The Morgan fingerprint density at radius 2 is 1.70 bits per heavy atom. The Morgan fingerprint density at radius 1 is 1.10 bits per heavy atom. The van der Waals surface area contributed by atoms with Crippen LogP contribution in [0.1, 0.15) is 52.1 Å². The van der Waals surface area contributed by atoms with E-state index in [1.807, 2.05) is 19.1 Å². The molecule has 1 aromatic carbocycles. The first-order valence-corrected chi connectivity index (χ1v) is 7.29. The molecule has 114 valence electrons. The normalized spacial score (nSPS) is 14.6. The molecule has 0 radical (unpaired) electrons. The molecular weight excluding hydrogens is 260 g/mol. The molecule has 0 saturated heterocycles. The third-order valence-electron chi connectivity index (χ3n) is 3.87. The molecule has 0 heterocycles. The second-order valence-electron chi connectivity index (χ2n) is 5.17. The summed E-state index contributed by atoms with van der Waals surface area (Å²) in [6.45, 7) is 5.67. The van der Waals surface area contributed by atoms with Crippen LogP contribution in [0.4, 0.5) is 8.78 Å². The van der Waals surface area contributed by atoms with Gasteiger partial charge < -0.3 is 10.1 Å². The molecule has 0 fully saturated rings. The number of rotatable bonds is 8. The molecule has 4 heteroatoms. The van der Waals surface area contributed by atoms with Crippen LogP contribution in [0, 0.1) is 5.92 Å². The highest BCUT2D eigenvalue weighted by Gasteiger charge is 2.19. The van der Waals surface area contributed by atoms with Gasteiger partial charge in [0.05, 0.1) is 0 Å². The molecule has 0 amide bonds. The number of hydrogen-bond donors (Lipinski definition) is 1. The monoisotopic (exact) mass is 285 g/mol. The highest BCUT2D eigenvalue weighted by atomic mass is 19.3. The van der Waals surface area contributed by atoms with Crippen LogP contribution in [0.3, 0.4) is 0 Å². The molecular formula is C16H25F2NO. The minimum absolute atomic E-state index is 0.0273. The average molecular weight is 285 g/mol. The fourth-order valence-electron chi connectivity index (χ4n) is 2.66. The summed E-state index contributed by atoms with van der Waals surface area (Å²) in [4.78, 5) is 0. The Kier molecular flexibility index (Phi) is 6.93. The molecule has 1 rings (SSSR count). The summed E-state index contributed by atoms with van der Waals surface area (Å²) < 4.78 is 29.4. The lowest BCUT2D eigenvalue weighted by atomic mass is 9.94. The van der Waals surface area contributed by atoms with Gasteiger partial charge in [-0.05, 0) is 25.8 Å². The Bertz CT molecular complexity index is 394. The average Bonchev–Trinajstić information content (AvgIpc) is 2.39. The number of nitrogens with one attached hydrogen (secondary N) is 1. The van der Waals surface area contributed by atoms with Crippen LogP contribution >= 0.6 is 0 Å². The molecule has 0 aromatic heterocycles. The van der Waals surface area contributed by atoms with Gasteiger partial charge >= 0.3 is 6.61 Å². The zero-order chi connectivity index (χ0) is 15.1. The van der Waals surface area contributed by atoms with Crippen LogP contribution in [0.5, 0.6) is 5.75 Å². The second kappa shape index (κ2) is 8.20. The van der Waals surface area contributed by atoms with Gasteiger partial charge in [0.2, 0.25) is 0 Å². The maximum Gasteiger partial charge on any atom is 0.387 e. The van der Waals surface area contributed by atoms with Crippen LogP contribution in [-0.2, 0) is 0 Å². The van der Waals surface area contributed by atoms with Gasteiger partial charge in [-0.2, -0.15) is 8.78 Å². The fraction of sp³-hybridized carbons (Fsp3) is 0.625. The Hall–Kier alpha value is -1.16. The molecule has 0 saturated carbocycles. The third kappa shape index (κ3) is 4.75. The number of para-hydroxylation sites is 1. The predicted molar refractivity (Wildman–Crippen MR) is 78.2 cm³/mol. The number of hydrogen-bond acceptors (Lipinski definition) is 2. The Labute approximate surface area is 120 Å². The first-order chi connectivity index (χ1) is 9.49. The first-order valence-electron chi connectivity index (χ1n) is 7.29. The second-order valence-corrected chi connectivity index (χ2v) is 5.17. The molecule has 0 spiro atoms. The van der Waals surface area contributed by atoms with Crippen molar-refractivity contribution >= 4 is 0 Å². The standard InChI is InChI=1S/C16H25F2NO/c1-5-13(6-2)11(3)19-12(4)14-9-7-8-10-15(14)20-16(17)18/h7-13,16,19H,5-6H2,1-4H3. The largest absolute Gasteiger partial charge is 0.434 e. The lowest BCUT2D eigenvalue weighted by molar-refractivity contribution is -0.0507. The maximum atomic E-state index is 12.4. The smallest absolute Gasteiger partial charge is 0.387 e. The molecule has 20 heavy (non-hydrogen) atoms. The summed E-state index contributed by atoms with van der Waals surface area (Å²) in [6, 6.07) is 7.27. The molecule has 0 bridgehead atoms. The fourth-order valence-corrected chi connectivity index (χ4v) is 2.66. The van der Waals surface area contributed by atoms with Crippen molar-refractivity contribution in [2.24, 2.45) is 5.92 Å². The number of alkyl halides is 2. The highest BCUT2D eigenvalue weighted by Crippen LogP contribution is 2.27. The van der Waals surface area contributed by atoms with E-state index in [1.54, 1.807) is 12.1 Å². The predicted octanol–water partition coefficient (Wildman–Crippen LogP) is 4.76. The summed E-state index contributed by atoms with van der Waals surface area (Å²) in [7, 11) is 0. The van der Waals surface area contributed by atoms with Crippen molar-refractivity contribution in [3.05, 3.63) is 29.8 Å². The molecule has 2 unspecified atom stereocenters. The van der Waals surface area contributed by atoms with Crippen LogP contribution in [-0.4, -0.2) is 12.7 Å². The van der Waals surface area contributed by atoms with Gasteiger partial charge in [0, 0.05) is 17.6 Å². The van der Waals surface area contributed by atoms with E-state index in [2.05, 4.69) is 30.8 Å². The molecule has 0 aliphatic heterocycles. The minimum Gasteiger partial charge on any atom is -0.434 e. The lowest BCUT2D eigenvalue weighted by Crippen LogP contribution is -2.35. The van der Waals surface area contributed by atoms with Crippen LogP contribution in [0.25, 0.3) is 0 Å². The van der Waals surface area contributed by atoms with Crippen LogP contribution in [0.15, 0.2) is 24.3 Å². The van der Waals surface area contributed by atoms with Crippen molar-refractivity contribution in [3.63, 3.8) is 0 Å². The van der Waals surface area contributed by atoms with Gasteiger partial charge in [-0.3, -0.25) is 0 Å². The molecule has 1 N–H and O–H groups in total. The van der Waals surface area contributed by atoms with Crippen molar-refractivity contribution in [2.75, 3.05) is 0 Å². The van der Waals surface area contributed by atoms with Crippen molar-refractivity contribution in [1.29, 1.82) is 0 Å². The summed E-state index contributed by atoms with van der Waals surface area (Å²) in [5, 5.41) is 3.49. The van der Waals surface area contributed by atoms with Gasteiger partial charge in [-0.25, -0.2) is 0 Å². The van der Waals surface area contributed by atoms with Gasteiger partial charge in [-0.1, -0.05) is 44.9 Å². The summed E-state index contributed by atoms with van der Waals surface area (Å²) in [5.74, 6) is 0.833. The van der Waals surface area contributed by atoms with E-state index in [1.165, 1.54) is 0 Å². The van der Waals surface area contributed by atoms with E-state index in [0.29, 0.717) is 12.0 Å². The van der Waals surface area contributed by atoms with E-state index in [9.17, 15) is 8.78 Å². The highest BCUT2D eigenvalue weighted by molar-refractivity contribution is 5.35. The molecule has 1 aromatic rings. The number of halogens is 2. The zero-order valence-electron chi connectivity index (χ0n) is 12.7. The quantitative estimate of drug-likeness (QED) is 0.743. The maximum absolute atomic E-state index is 12.4. The number of benzene rings is 1. The zero-order valence-corrected chi connectivity index (χ0v) is 12.7. The third-order valence-corrected chi connectivity index (χ3v) is 3.87. The molecule has 2 atom stereocenters. The lowest BCUT2D eigenvalue weighted by Gasteiger charge is -2.27. The van der Waals surface area contributed by atoms with Crippen molar-refractivity contribution < 1.29 is 13.5 Å². The molecule has 0 aliphatic rings. The molecule has 2 nitrogen and oxygen atoms in total.